The van der Waals surface area contributed by atoms with Crippen molar-refractivity contribution in [2.75, 3.05) is 6.61 Å². The number of halogens is 2. The Labute approximate surface area is 192 Å². The SMILES string of the molecule is CC(C)[C@@H]1O[C@@H]2C[C@H]3[C@@H]4C[C@H](F)C5=CC(=O)C=C[C@]5(C)[C@@]4(F)[C@@H](O)C[C@]3(C)[C@]2(C(=O)CO)O1. The van der Waals surface area contributed by atoms with Gasteiger partial charge in [-0.2, -0.15) is 0 Å². The number of aliphatic hydroxyl groups is 2. The summed E-state index contributed by atoms with van der Waals surface area (Å²) in [5, 5.41) is 21.2. The second kappa shape index (κ2) is 7.03. The lowest BCUT2D eigenvalue weighted by Gasteiger charge is -2.63. The molecule has 10 atom stereocenters. The summed E-state index contributed by atoms with van der Waals surface area (Å²) >= 11 is 0. The molecule has 5 rings (SSSR count). The van der Waals surface area contributed by atoms with Crippen LogP contribution in [-0.4, -0.2) is 64.3 Å². The van der Waals surface area contributed by atoms with Gasteiger partial charge in [0.15, 0.2) is 29.1 Å². The lowest BCUT2D eigenvalue weighted by molar-refractivity contribution is -0.237. The molecule has 0 spiro atoms. The molecule has 3 saturated carbocycles. The maximum atomic E-state index is 17.2. The van der Waals surface area contributed by atoms with E-state index in [9.17, 15) is 19.8 Å². The summed E-state index contributed by atoms with van der Waals surface area (Å²) in [6.07, 6.45) is -0.752. The normalized spacial score (nSPS) is 52.8. The highest BCUT2D eigenvalue weighted by Gasteiger charge is 2.80. The van der Waals surface area contributed by atoms with Crippen molar-refractivity contribution < 1.29 is 38.1 Å². The lowest BCUT2D eigenvalue weighted by atomic mass is 9.44. The fraction of sp³-hybridized carbons (Fsp3) is 0.760. The first-order chi connectivity index (χ1) is 15.4. The van der Waals surface area contributed by atoms with Crippen LogP contribution in [-0.2, 0) is 19.1 Å². The number of aliphatic hydroxyl groups excluding tert-OH is 2. The van der Waals surface area contributed by atoms with E-state index in [4.69, 9.17) is 9.47 Å². The number of carbonyl (C=O) groups is 2. The number of fused-ring (bicyclic) bond motifs is 7. The van der Waals surface area contributed by atoms with Crippen LogP contribution < -0.4 is 0 Å². The van der Waals surface area contributed by atoms with Crippen molar-refractivity contribution >= 4 is 11.6 Å². The third-order valence-corrected chi connectivity index (χ3v) is 9.49. The highest BCUT2D eigenvalue weighted by atomic mass is 19.1. The average molecular weight is 467 g/mol. The third kappa shape index (κ3) is 2.56. The van der Waals surface area contributed by atoms with Crippen LogP contribution in [0.3, 0.4) is 0 Å². The van der Waals surface area contributed by atoms with Crippen molar-refractivity contribution in [3.05, 3.63) is 23.8 Å². The van der Waals surface area contributed by atoms with Crippen LogP contribution in [0.4, 0.5) is 8.78 Å². The Morgan fingerprint density at radius 3 is 2.61 bits per heavy atom. The van der Waals surface area contributed by atoms with Gasteiger partial charge in [0.25, 0.3) is 0 Å². The van der Waals surface area contributed by atoms with Gasteiger partial charge in [0.1, 0.15) is 12.8 Å². The standard InChI is InChI=1S/C25H32F2O6/c1-12(2)21-32-20-9-14-15-8-17(26)16-7-13(29)5-6-22(16,3)24(15,27)18(30)10-23(14,4)25(20,33-21)19(31)11-28/h5-7,12,14-15,17-18,20-21,28,30H,8-11H2,1-4H3/t14-,15-,17-,18-,20+,21+,22-,23-,24-,25+/m0/s1. The second-order valence-electron chi connectivity index (χ2n) is 11.3. The van der Waals surface area contributed by atoms with Crippen molar-refractivity contribution in [1.82, 2.24) is 0 Å². The Hall–Kier alpha value is -1.48. The van der Waals surface area contributed by atoms with Gasteiger partial charge in [-0.05, 0) is 49.8 Å². The van der Waals surface area contributed by atoms with Gasteiger partial charge >= 0.3 is 0 Å². The van der Waals surface area contributed by atoms with E-state index < -0.39 is 76.8 Å². The fourth-order valence-corrected chi connectivity index (χ4v) is 7.89. The minimum Gasteiger partial charge on any atom is -0.390 e. The molecule has 1 aliphatic heterocycles. The summed E-state index contributed by atoms with van der Waals surface area (Å²) in [7, 11) is 0. The molecule has 4 aliphatic carbocycles. The molecule has 33 heavy (non-hydrogen) atoms. The number of rotatable bonds is 3. The smallest absolute Gasteiger partial charge is 0.193 e. The Bertz CT molecular complexity index is 963. The van der Waals surface area contributed by atoms with Crippen LogP contribution in [0, 0.1) is 28.6 Å². The molecular formula is C25H32F2O6. The van der Waals surface area contributed by atoms with Gasteiger partial charge in [-0.1, -0.05) is 26.8 Å². The zero-order valence-corrected chi connectivity index (χ0v) is 19.4. The van der Waals surface area contributed by atoms with Gasteiger partial charge in [0, 0.05) is 22.7 Å². The second-order valence-corrected chi connectivity index (χ2v) is 11.3. The number of hydrogen-bond acceptors (Lipinski definition) is 6. The molecule has 0 radical (unpaired) electrons. The van der Waals surface area contributed by atoms with Gasteiger partial charge in [0.2, 0.25) is 0 Å². The van der Waals surface area contributed by atoms with Gasteiger partial charge in [-0.15, -0.1) is 0 Å². The van der Waals surface area contributed by atoms with Crippen molar-refractivity contribution in [3.63, 3.8) is 0 Å². The molecule has 4 fully saturated rings. The molecule has 0 aromatic heterocycles. The zero-order chi connectivity index (χ0) is 24.1. The van der Waals surface area contributed by atoms with E-state index in [-0.39, 0.29) is 30.8 Å². The Kier molecular flexibility index (Phi) is 4.96. The van der Waals surface area contributed by atoms with Crippen molar-refractivity contribution in [2.45, 2.75) is 82.9 Å². The number of alkyl halides is 2. The minimum absolute atomic E-state index is 0.0584. The van der Waals surface area contributed by atoms with Crippen molar-refractivity contribution in [3.8, 4) is 0 Å². The zero-order valence-electron chi connectivity index (χ0n) is 19.4. The molecule has 1 heterocycles. The van der Waals surface area contributed by atoms with E-state index in [0.717, 1.165) is 6.08 Å². The van der Waals surface area contributed by atoms with Gasteiger partial charge < -0.3 is 19.7 Å². The molecule has 8 heteroatoms. The largest absolute Gasteiger partial charge is 0.390 e. The molecule has 0 amide bonds. The van der Waals surface area contributed by atoms with E-state index in [1.54, 1.807) is 13.8 Å². The summed E-state index contributed by atoms with van der Waals surface area (Å²) in [6.45, 7) is 6.34. The highest BCUT2D eigenvalue weighted by molar-refractivity contribution is 6.01. The molecule has 5 aliphatic rings. The number of ketones is 2. The third-order valence-electron chi connectivity index (χ3n) is 9.49. The first kappa shape index (κ1) is 23.3. The fourth-order valence-electron chi connectivity index (χ4n) is 7.89. The summed E-state index contributed by atoms with van der Waals surface area (Å²) in [4.78, 5) is 25.2. The Morgan fingerprint density at radius 2 is 1.97 bits per heavy atom. The molecule has 1 saturated heterocycles. The molecule has 0 aromatic rings. The van der Waals surface area contributed by atoms with E-state index in [1.807, 2.05) is 13.8 Å². The predicted molar refractivity (Wildman–Crippen MR) is 113 cm³/mol. The number of allylic oxidation sites excluding steroid dienone is 4. The monoisotopic (exact) mass is 466 g/mol. The summed E-state index contributed by atoms with van der Waals surface area (Å²) in [5.74, 6) is -2.47. The maximum Gasteiger partial charge on any atom is 0.193 e. The molecule has 6 nitrogen and oxygen atoms in total. The summed E-state index contributed by atoms with van der Waals surface area (Å²) in [6, 6.07) is 0. The molecule has 0 aromatic carbocycles. The van der Waals surface area contributed by atoms with Crippen LogP contribution in [0.15, 0.2) is 23.8 Å². The van der Waals surface area contributed by atoms with E-state index in [0.29, 0.717) is 0 Å². The van der Waals surface area contributed by atoms with E-state index >= 15 is 8.78 Å². The molecule has 0 bridgehead atoms. The van der Waals surface area contributed by atoms with Crippen molar-refractivity contribution in [2.24, 2.45) is 28.6 Å². The van der Waals surface area contributed by atoms with Crippen LogP contribution in [0.5, 0.6) is 0 Å². The molecular weight excluding hydrogens is 434 g/mol. The first-order valence-electron chi connectivity index (χ1n) is 11.8. The van der Waals surface area contributed by atoms with Crippen LogP contribution in [0.1, 0.15) is 47.0 Å². The maximum absolute atomic E-state index is 17.2. The number of Topliss-reactive ketones (excluding diaryl/α,β-unsaturated/α-hetero) is 1. The lowest BCUT2D eigenvalue weighted by Crippen LogP contribution is -2.71. The number of carbonyl (C=O) groups excluding carboxylic acids is 2. The molecule has 182 valence electrons. The first-order valence-corrected chi connectivity index (χ1v) is 11.8. The van der Waals surface area contributed by atoms with Gasteiger partial charge in [-0.25, -0.2) is 8.78 Å². The summed E-state index contributed by atoms with van der Waals surface area (Å²) in [5.41, 5.74) is -6.26. The topological polar surface area (TPSA) is 93.1 Å². The molecule has 0 unspecified atom stereocenters. The van der Waals surface area contributed by atoms with Crippen LogP contribution >= 0.6 is 0 Å². The van der Waals surface area contributed by atoms with Gasteiger partial charge in [-0.3, -0.25) is 9.59 Å². The van der Waals surface area contributed by atoms with E-state index in [1.165, 1.54) is 12.2 Å². The minimum atomic E-state index is -2.23. The number of hydrogen-bond donors (Lipinski definition) is 2. The van der Waals surface area contributed by atoms with Crippen molar-refractivity contribution in [1.29, 1.82) is 0 Å². The Morgan fingerprint density at radius 1 is 1.27 bits per heavy atom. The number of ether oxygens (including phenoxy) is 2. The summed E-state index contributed by atoms with van der Waals surface area (Å²) < 4.78 is 45.1. The average Bonchev–Trinajstić information content (AvgIpc) is 3.25. The Balaban J connectivity index is 1.64. The van der Waals surface area contributed by atoms with Gasteiger partial charge in [0.05, 0.1) is 12.2 Å². The van der Waals surface area contributed by atoms with Crippen LogP contribution in [0.25, 0.3) is 0 Å². The quantitative estimate of drug-likeness (QED) is 0.664. The predicted octanol–water partition coefficient (Wildman–Crippen LogP) is 2.61. The van der Waals surface area contributed by atoms with E-state index in [2.05, 4.69) is 0 Å². The highest BCUT2D eigenvalue weighted by Crippen LogP contribution is 2.72. The molecule has 2 N–H and O–H groups in total. The van der Waals surface area contributed by atoms with Crippen LogP contribution in [0.2, 0.25) is 0 Å².